The molecule has 1 amide bonds. The van der Waals surface area contributed by atoms with Gasteiger partial charge in [0.1, 0.15) is 21.8 Å². The van der Waals surface area contributed by atoms with E-state index in [4.69, 9.17) is 13.9 Å². The summed E-state index contributed by atoms with van der Waals surface area (Å²) in [6, 6.07) is 12.6. The van der Waals surface area contributed by atoms with Crippen molar-refractivity contribution >= 4 is 32.6 Å². The third-order valence-corrected chi connectivity index (χ3v) is 6.90. The van der Waals surface area contributed by atoms with E-state index in [2.05, 4.69) is 5.32 Å². The van der Waals surface area contributed by atoms with Crippen molar-refractivity contribution in [3.8, 4) is 5.75 Å². The van der Waals surface area contributed by atoms with Crippen LogP contribution in [0.4, 0.5) is 5.69 Å². The lowest BCUT2D eigenvalue weighted by Crippen LogP contribution is -2.40. The molecule has 9 nitrogen and oxygen atoms in total. The van der Waals surface area contributed by atoms with Crippen molar-refractivity contribution in [2.75, 3.05) is 38.2 Å². The molecule has 0 atom stereocenters. The molecule has 0 unspecified atom stereocenters. The van der Waals surface area contributed by atoms with Crippen LogP contribution in [0.2, 0.25) is 0 Å². The maximum atomic E-state index is 13.2. The van der Waals surface area contributed by atoms with E-state index < -0.39 is 21.6 Å². The van der Waals surface area contributed by atoms with Crippen molar-refractivity contribution in [2.45, 2.75) is 11.8 Å². The van der Waals surface area contributed by atoms with Crippen LogP contribution < -0.4 is 15.7 Å². The molecule has 1 saturated heterocycles. The van der Waals surface area contributed by atoms with Gasteiger partial charge in [0.05, 0.1) is 19.8 Å². The quantitative estimate of drug-likeness (QED) is 0.564. The van der Waals surface area contributed by atoms with Crippen LogP contribution in [0.25, 0.3) is 11.0 Å². The minimum Gasteiger partial charge on any atom is -0.492 e. The zero-order valence-electron chi connectivity index (χ0n) is 17.4. The van der Waals surface area contributed by atoms with Crippen molar-refractivity contribution in [2.24, 2.45) is 0 Å². The van der Waals surface area contributed by atoms with Gasteiger partial charge in [-0.2, -0.15) is 4.31 Å². The number of ether oxygens (including phenoxy) is 2. The van der Waals surface area contributed by atoms with Crippen molar-refractivity contribution in [1.82, 2.24) is 4.31 Å². The van der Waals surface area contributed by atoms with Gasteiger partial charge in [-0.05, 0) is 37.3 Å². The van der Waals surface area contributed by atoms with Crippen molar-refractivity contribution < 1.29 is 27.1 Å². The number of carbonyl (C=O) groups excluding carboxylic acids is 1. The number of rotatable bonds is 6. The van der Waals surface area contributed by atoms with E-state index >= 15 is 0 Å². The maximum absolute atomic E-state index is 13.2. The zero-order chi connectivity index (χ0) is 22.7. The smallest absolute Gasteiger partial charge is 0.349 e. The molecule has 2 aromatic carbocycles. The molecule has 2 heterocycles. The van der Waals surface area contributed by atoms with Gasteiger partial charge >= 0.3 is 5.63 Å². The number of carbonyl (C=O) groups is 1. The minimum atomic E-state index is -3.88. The van der Waals surface area contributed by atoms with Crippen LogP contribution >= 0.6 is 0 Å². The summed E-state index contributed by atoms with van der Waals surface area (Å²) in [5.74, 6) is -0.523. The Labute approximate surface area is 184 Å². The molecular weight excluding hydrogens is 436 g/mol. The summed E-state index contributed by atoms with van der Waals surface area (Å²) >= 11 is 0. The maximum Gasteiger partial charge on any atom is 0.349 e. The number of nitrogens with zero attached hydrogens (tertiary/aromatic N) is 1. The van der Waals surface area contributed by atoms with Crippen LogP contribution in [0.5, 0.6) is 5.75 Å². The Bertz CT molecular complexity index is 1310. The summed E-state index contributed by atoms with van der Waals surface area (Å²) in [4.78, 5) is 25.0. The second-order valence-corrected chi connectivity index (χ2v) is 8.96. The summed E-state index contributed by atoms with van der Waals surface area (Å²) < 4.78 is 43.7. The fraction of sp³-hybridized carbons (Fsp3) is 0.273. The molecule has 0 bridgehead atoms. The number of amides is 1. The number of para-hydroxylation sites is 1. The highest BCUT2D eigenvalue weighted by molar-refractivity contribution is 7.89. The highest BCUT2D eigenvalue weighted by Crippen LogP contribution is 2.30. The Morgan fingerprint density at radius 1 is 1.12 bits per heavy atom. The fourth-order valence-electron chi connectivity index (χ4n) is 3.41. The van der Waals surface area contributed by atoms with E-state index in [1.807, 2.05) is 0 Å². The number of sulfonamides is 1. The Morgan fingerprint density at radius 3 is 2.62 bits per heavy atom. The first kappa shape index (κ1) is 22.0. The van der Waals surface area contributed by atoms with Crippen molar-refractivity contribution in [1.29, 1.82) is 0 Å². The molecule has 1 aliphatic heterocycles. The van der Waals surface area contributed by atoms with E-state index in [0.717, 1.165) is 0 Å². The SMILES string of the molecule is CCOc1ccc(NC(=O)c2cc3ccccc3oc2=O)cc1S(=O)(=O)N1CCOCC1. The largest absolute Gasteiger partial charge is 0.492 e. The standard InChI is InChI=1S/C22H22N2O7S/c1-2-30-19-8-7-16(14-20(19)32(27,28)24-9-11-29-12-10-24)23-21(25)17-13-15-5-3-4-6-18(15)31-22(17)26/h3-8,13-14H,2,9-12H2,1H3,(H,23,25). The number of fused-ring (bicyclic) bond motifs is 1. The van der Waals surface area contributed by atoms with Gasteiger partial charge in [-0.3, -0.25) is 4.79 Å². The normalized spacial score (nSPS) is 14.9. The summed E-state index contributed by atoms with van der Waals surface area (Å²) in [5.41, 5.74) is -0.393. The van der Waals surface area contributed by atoms with Gasteiger partial charge in [-0.1, -0.05) is 18.2 Å². The topological polar surface area (TPSA) is 115 Å². The number of nitrogens with one attached hydrogen (secondary N) is 1. The van der Waals surface area contributed by atoms with Crippen LogP contribution in [0.3, 0.4) is 0 Å². The second kappa shape index (κ2) is 9.11. The molecule has 4 rings (SSSR count). The predicted octanol–water partition coefficient (Wildman–Crippen LogP) is 2.46. The molecule has 32 heavy (non-hydrogen) atoms. The molecule has 10 heteroatoms. The lowest BCUT2D eigenvalue weighted by Gasteiger charge is -2.27. The van der Waals surface area contributed by atoms with Gasteiger partial charge in [0.15, 0.2) is 0 Å². The first-order valence-electron chi connectivity index (χ1n) is 10.1. The highest BCUT2D eigenvalue weighted by Gasteiger charge is 2.30. The molecule has 1 fully saturated rings. The highest BCUT2D eigenvalue weighted by atomic mass is 32.2. The van der Waals surface area contributed by atoms with Gasteiger partial charge in [-0.25, -0.2) is 13.2 Å². The number of hydrogen-bond acceptors (Lipinski definition) is 7. The van der Waals surface area contributed by atoms with E-state index in [0.29, 0.717) is 24.2 Å². The molecular formula is C22H22N2O7S. The van der Waals surface area contributed by atoms with E-state index in [1.54, 1.807) is 31.2 Å². The van der Waals surface area contributed by atoms with Crippen LogP contribution in [0.15, 0.2) is 62.6 Å². The van der Waals surface area contributed by atoms with Crippen molar-refractivity contribution in [3.05, 3.63) is 64.5 Å². The molecule has 0 spiro atoms. The van der Waals surface area contributed by atoms with Gasteiger partial charge in [0.25, 0.3) is 5.91 Å². The molecule has 0 aliphatic carbocycles. The Balaban J connectivity index is 1.67. The number of anilines is 1. The van der Waals surface area contributed by atoms with Crippen LogP contribution in [-0.4, -0.2) is 51.5 Å². The monoisotopic (exact) mass is 458 g/mol. The van der Waals surface area contributed by atoms with Crippen molar-refractivity contribution in [3.63, 3.8) is 0 Å². The molecule has 1 N–H and O–H groups in total. The van der Waals surface area contributed by atoms with Crippen LogP contribution in [0, 0.1) is 0 Å². The molecule has 1 aliphatic rings. The summed E-state index contributed by atoms with van der Waals surface area (Å²) in [6.07, 6.45) is 0. The first-order valence-corrected chi connectivity index (χ1v) is 11.5. The lowest BCUT2D eigenvalue weighted by molar-refractivity contribution is 0.0729. The van der Waals surface area contributed by atoms with Gasteiger partial charge in [0.2, 0.25) is 10.0 Å². The Morgan fingerprint density at radius 2 is 1.88 bits per heavy atom. The Kier molecular flexibility index (Phi) is 6.26. The average molecular weight is 458 g/mol. The summed E-state index contributed by atoms with van der Waals surface area (Å²) in [6.45, 7) is 3.08. The van der Waals surface area contributed by atoms with E-state index in [9.17, 15) is 18.0 Å². The minimum absolute atomic E-state index is 0.0652. The molecule has 0 radical (unpaired) electrons. The fourth-order valence-corrected chi connectivity index (χ4v) is 4.97. The van der Waals surface area contributed by atoms with E-state index in [1.165, 1.54) is 28.6 Å². The predicted molar refractivity (Wildman–Crippen MR) is 118 cm³/mol. The molecule has 0 saturated carbocycles. The third-order valence-electron chi connectivity index (χ3n) is 4.98. The van der Waals surface area contributed by atoms with Gasteiger partial charge in [-0.15, -0.1) is 0 Å². The first-order chi connectivity index (χ1) is 15.4. The average Bonchev–Trinajstić information content (AvgIpc) is 2.80. The zero-order valence-corrected chi connectivity index (χ0v) is 18.2. The van der Waals surface area contributed by atoms with Gasteiger partial charge < -0.3 is 19.2 Å². The van der Waals surface area contributed by atoms with Crippen LogP contribution in [-0.2, 0) is 14.8 Å². The Hall–Kier alpha value is -3.21. The number of morpholine rings is 1. The number of hydrogen-bond donors (Lipinski definition) is 1. The lowest BCUT2D eigenvalue weighted by atomic mass is 10.1. The second-order valence-electron chi connectivity index (χ2n) is 7.05. The number of benzene rings is 2. The molecule has 1 aromatic heterocycles. The third kappa shape index (κ3) is 4.38. The summed E-state index contributed by atoms with van der Waals surface area (Å²) in [5, 5.41) is 3.18. The van der Waals surface area contributed by atoms with E-state index in [-0.39, 0.29) is 41.6 Å². The van der Waals surface area contributed by atoms with Gasteiger partial charge in [0, 0.05) is 24.2 Å². The molecule has 3 aromatic rings. The molecule has 168 valence electrons. The summed E-state index contributed by atoms with van der Waals surface area (Å²) in [7, 11) is -3.88. The van der Waals surface area contributed by atoms with Crippen LogP contribution in [0.1, 0.15) is 17.3 Å².